The first-order valence-electron chi connectivity index (χ1n) is 4.82. The Kier molecular flexibility index (Phi) is 28.2. The summed E-state index contributed by atoms with van der Waals surface area (Å²) in [5.41, 5.74) is 16.5. The third kappa shape index (κ3) is 64.2. The number of nitrogens with two attached hydrogens (primary N) is 3. The molecule has 0 unspecified atom stereocenters. The van der Waals surface area contributed by atoms with Crippen molar-refractivity contribution in [1.29, 1.82) is 0 Å². The largest absolute Gasteiger partial charge is 4.00 e. The standard InChI is InChI=1S/C8H9.3CH3NS2.Mo/c1-7-4-3-5-8(2)6-7;3*2-1(3)4;/h4-6H,1-2H3;3*(H3,2,3,4);/q-1;;;;+4/p-3. The Bertz CT molecular complexity index is 370. The molecule has 0 fully saturated rings. The van der Waals surface area contributed by atoms with E-state index in [0.29, 0.717) is 0 Å². The van der Waals surface area contributed by atoms with Crippen LogP contribution in [0.3, 0.4) is 0 Å². The second-order valence-corrected chi connectivity index (χ2v) is 6.46. The van der Waals surface area contributed by atoms with Crippen LogP contribution in [0.2, 0.25) is 0 Å². The van der Waals surface area contributed by atoms with E-state index in [-0.39, 0.29) is 34.0 Å². The number of thiocarbonyl (C=S) groups is 3. The first kappa shape index (κ1) is 29.3. The average Bonchev–Trinajstić information content (AvgIpc) is 2.13. The van der Waals surface area contributed by atoms with E-state index in [1.54, 1.807) is 0 Å². The second kappa shape index (κ2) is 20.2. The summed E-state index contributed by atoms with van der Waals surface area (Å²) in [4.78, 5) is 0. The van der Waals surface area contributed by atoms with Crippen LogP contribution in [-0.2, 0) is 59.0 Å². The van der Waals surface area contributed by atoms with Gasteiger partial charge < -0.3 is 91.7 Å². The van der Waals surface area contributed by atoms with Crippen LogP contribution >= 0.6 is 36.7 Å². The Hall–Kier alpha value is 0.238. The first-order valence-corrected chi connectivity index (χ1v) is 7.27. The van der Waals surface area contributed by atoms with Gasteiger partial charge in [-0.15, -0.1) is 0 Å². The van der Waals surface area contributed by atoms with E-state index in [0.717, 1.165) is 0 Å². The second-order valence-electron chi connectivity index (χ2n) is 3.04. The Morgan fingerprint density at radius 2 is 1.05 bits per heavy atom. The van der Waals surface area contributed by atoms with Crippen LogP contribution in [0.15, 0.2) is 18.2 Å². The Balaban J connectivity index is -0.0000000973. The van der Waals surface area contributed by atoms with Crippen LogP contribution in [0.5, 0.6) is 0 Å². The third-order valence-electron chi connectivity index (χ3n) is 1.08. The number of rotatable bonds is 0. The van der Waals surface area contributed by atoms with E-state index in [1.807, 2.05) is 12.1 Å². The Labute approximate surface area is 173 Å². The molecule has 1 aromatic rings. The number of aryl methyl sites for hydroxylation is 2. The predicted octanol–water partition coefficient (Wildman–Crippen LogP) is 1.43. The molecule has 0 amide bonds. The zero-order valence-electron chi connectivity index (χ0n) is 11.3. The van der Waals surface area contributed by atoms with Crippen LogP contribution in [0.25, 0.3) is 0 Å². The molecule has 6 N–H and O–H groups in total. The van der Waals surface area contributed by atoms with Crippen LogP contribution in [0.1, 0.15) is 11.1 Å². The van der Waals surface area contributed by atoms with Crippen molar-refractivity contribution >= 4 is 87.5 Å². The smallest absolute Gasteiger partial charge is 0.415 e. The Morgan fingerprint density at radius 1 is 0.857 bits per heavy atom. The van der Waals surface area contributed by atoms with Crippen molar-refractivity contribution in [2.75, 3.05) is 0 Å². The van der Waals surface area contributed by atoms with Crippen molar-refractivity contribution in [1.82, 2.24) is 0 Å². The molecule has 1 aromatic carbocycles. The fraction of sp³-hybridized carbons (Fsp3) is 0.182. The molecular weight excluding hydrogens is 462 g/mol. The minimum Gasteiger partial charge on any atom is -0.415 e. The monoisotopic (exact) mass is 479 g/mol. The van der Waals surface area contributed by atoms with Gasteiger partial charge in [0.05, 0.1) is 0 Å². The topological polar surface area (TPSA) is 78.1 Å². The molecule has 0 aromatic heterocycles. The van der Waals surface area contributed by atoms with Gasteiger partial charge >= 0.3 is 21.1 Å². The number of benzene rings is 1. The molecule has 0 aliphatic rings. The van der Waals surface area contributed by atoms with Gasteiger partial charge in [-0.3, -0.25) is 0 Å². The van der Waals surface area contributed by atoms with Crippen molar-refractivity contribution in [3.05, 3.63) is 35.4 Å². The van der Waals surface area contributed by atoms with Crippen molar-refractivity contribution in [2.45, 2.75) is 13.8 Å². The molecule has 21 heavy (non-hydrogen) atoms. The summed E-state index contributed by atoms with van der Waals surface area (Å²) >= 11 is 24.8. The van der Waals surface area contributed by atoms with Gasteiger partial charge in [0.1, 0.15) is 0 Å². The molecule has 0 saturated heterocycles. The normalized spacial score (nSPS) is 6.95. The summed E-state index contributed by atoms with van der Waals surface area (Å²) in [6.45, 7) is 4.15. The van der Waals surface area contributed by atoms with E-state index >= 15 is 0 Å². The van der Waals surface area contributed by atoms with E-state index in [9.17, 15) is 0 Å². The first-order chi connectivity index (χ1) is 8.98. The molecule has 1 rings (SSSR count). The summed E-state index contributed by atoms with van der Waals surface area (Å²) in [5, 5.41) is 0. The quantitative estimate of drug-likeness (QED) is 0.223. The molecule has 0 aliphatic heterocycles. The summed E-state index contributed by atoms with van der Waals surface area (Å²) in [7, 11) is 0. The van der Waals surface area contributed by atoms with E-state index in [4.69, 9.17) is 0 Å². The summed E-state index contributed by atoms with van der Waals surface area (Å²) in [6.07, 6.45) is 0. The van der Waals surface area contributed by atoms with Gasteiger partial charge in [-0.25, -0.2) is 0 Å². The molecule has 0 bridgehead atoms. The van der Waals surface area contributed by atoms with Gasteiger partial charge in [-0.2, -0.15) is 35.4 Å². The Morgan fingerprint density at radius 3 is 1.14 bits per heavy atom. The number of hydrogen-bond acceptors (Lipinski definition) is 6. The van der Waals surface area contributed by atoms with Gasteiger partial charge in [0, 0.05) is 0 Å². The van der Waals surface area contributed by atoms with Gasteiger partial charge in [-0.05, 0) is 0 Å². The molecular formula is C11H15MoN3S6. The molecule has 116 valence electrons. The summed E-state index contributed by atoms with van der Waals surface area (Å²) in [6, 6.07) is 9.12. The van der Waals surface area contributed by atoms with Gasteiger partial charge in [0.2, 0.25) is 0 Å². The van der Waals surface area contributed by atoms with Gasteiger partial charge in [0.25, 0.3) is 0 Å². The SMILES string of the molecule is Cc1c[c-]cc(C)c1.NC(=S)[S-].NC(=S)[S-].NC(=S)[S-].[Mo+4]. The fourth-order valence-electron chi connectivity index (χ4n) is 0.747. The van der Waals surface area contributed by atoms with Crippen LogP contribution in [0, 0.1) is 19.9 Å². The van der Waals surface area contributed by atoms with Crippen molar-refractivity contribution in [3.63, 3.8) is 0 Å². The molecule has 0 aliphatic carbocycles. The van der Waals surface area contributed by atoms with E-state index in [1.165, 1.54) is 11.1 Å². The van der Waals surface area contributed by atoms with E-state index < -0.39 is 0 Å². The minimum absolute atomic E-state index is 0. The van der Waals surface area contributed by atoms with Crippen LogP contribution < -0.4 is 17.2 Å². The van der Waals surface area contributed by atoms with Crippen LogP contribution in [-0.4, -0.2) is 13.0 Å². The van der Waals surface area contributed by atoms with Gasteiger partial charge in [-0.1, -0.05) is 26.8 Å². The van der Waals surface area contributed by atoms with Crippen molar-refractivity contribution < 1.29 is 21.1 Å². The zero-order valence-corrected chi connectivity index (χ0v) is 18.2. The van der Waals surface area contributed by atoms with Crippen molar-refractivity contribution in [3.8, 4) is 0 Å². The summed E-state index contributed by atoms with van der Waals surface area (Å²) < 4.78 is 0.250. The minimum atomic E-state index is 0. The molecule has 3 nitrogen and oxygen atoms in total. The molecule has 0 atom stereocenters. The summed E-state index contributed by atoms with van der Waals surface area (Å²) in [5.74, 6) is 0. The average molecular weight is 478 g/mol. The molecule has 10 heteroatoms. The van der Waals surface area contributed by atoms with E-state index in [2.05, 4.69) is 118 Å². The molecule has 0 heterocycles. The maximum atomic E-state index is 4.66. The molecule has 0 spiro atoms. The fourth-order valence-corrected chi connectivity index (χ4v) is 0.747. The van der Waals surface area contributed by atoms with Crippen LogP contribution in [0.4, 0.5) is 0 Å². The molecule has 0 radical (unpaired) electrons. The molecule has 0 saturated carbocycles. The predicted molar refractivity (Wildman–Crippen MR) is 107 cm³/mol. The maximum Gasteiger partial charge on any atom is 4.00 e. The number of hydrogen-bond donors (Lipinski definition) is 3. The van der Waals surface area contributed by atoms with Crippen molar-refractivity contribution in [2.24, 2.45) is 17.2 Å². The maximum absolute atomic E-state index is 4.66. The third-order valence-corrected chi connectivity index (χ3v) is 1.08. The van der Waals surface area contributed by atoms with Gasteiger partial charge in [0.15, 0.2) is 0 Å². The zero-order chi connectivity index (χ0) is 16.7.